The molecule has 4 rings (SSSR count). The summed E-state index contributed by atoms with van der Waals surface area (Å²) in [7, 11) is 0. The van der Waals surface area contributed by atoms with Crippen LogP contribution in [0.1, 0.15) is 23.4 Å². The number of aromatic nitrogens is 2. The second-order valence-corrected chi connectivity index (χ2v) is 7.39. The number of rotatable bonds is 6. The van der Waals surface area contributed by atoms with Crippen LogP contribution in [0, 0.1) is 11.8 Å². The second-order valence-electron chi connectivity index (χ2n) is 7.39. The van der Waals surface area contributed by atoms with Gasteiger partial charge in [-0.25, -0.2) is 4.98 Å². The van der Waals surface area contributed by atoms with Crippen LogP contribution in [0.5, 0.6) is 0 Å². The lowest BCUT2D eigenvalue weighted by Crippen LogP contribution is -2.39. The Hall–Kier alpha value is -3.15. The van der Waals surface area contributed by atoms with Crippen LogP contribution in [0.4, 0.5) is 0 Å². The molecule has 1 aromatic heterocycles. The summed E-state index contributed by atoms with van der Waals surface area (Å²) in [6.45, 7) is 0.129. The zero-order chi connectivity index (χ0) is 19.5. The van der Waals surface area contributed by atoms with Crippen LogP contribution in [0.25, 0.3) is 10.8 Å². The van der Waals surface area contributed by atoms with Crippen molar-refractivity contribution in [3.8, 4) is 0 Å². The summed E-state index contributed by atoms with van der Waals surface area (Å²) in [4.78, 5) is 31.7. The zero-order valence-electron chi connectivity index (χ0n) is 15.5. The molecule has 144 valence electrons. The van der Waals surface area contributed by atoms with Crippen LogP contribution < -0.4 is 5.32 Å². The number of imidazole rings is 1. The summed E-state index contributed by atoms with van der Waals surface area (Å²) in [6, 6.07) is 13.9. The van der Waals surface area contributed by atoms with Crippen LogP contribution in [-0.2, 0) is 28.9 Å². The molecule has 2 unspecified atom stereocenters. The minimum atomic E-state index is -0.896. The molecule has 1 amide bonds. The molecule has 1 heterocycles. The average molecular weight is 377 g/mol. The first-order chi connectivity index (χ1) is 13.6. The molecule has 6 nitrogen and oxygen atoms in total. The number of H-pyrrole nitrogens is 1. The number of hydrogen-bond donors (Lipinski definition) is 3. The van der Waals surface area contributed by atoms with Gasteiger partial charge in [0.1, 0.15) is 0 Å². The lowest BCUT2D eigenvalue weighted by atomic mass is 9.89. The van der Waals surface area contributed by atoms with Crippen LogP contribution in [0.2, 0.25) is 0 Å². The normalized spacial score (nSPS) is 17.1. The topological polar surface area (TPSA) is 95.1 Å². The third-order valence-electron chi connectivity index (χ3n) is 5.58. The summed E-state index contributed by atoms with van der Waals surface area (Å²) in [5.41, 5.74) is 3.03. The van der Waals surface area contributed by atoms with Crippen molar-refractivity contribution in [3.63, 3.8) is 0 Å². The molecule has 6 heteroatoms. The number of carbonyl (C=O) groups excluding carboxylic acids is 1. The number of carboxylic acids is 1. The quantitative estimate of drug-likeness (QED) is 0.616. The molecule has 3 aromatic rings. The van der Waals surface area contributed by atoms with Crippen molar-refractivity contribution in [2.45, 2.75) is 25.7 Å². The molecular weight excluding hydrogens is 354 g/mol. The number of aromatic amines is 1. The number of hydrogen-bond acceptors (Lipinski definition) is 3. The van der Waals surface area contributed by atoms with Gasteiger partial charge in [-0.1, -0.05) is 42.5 Å². The fraction of sp³-hybridized carbons (Fsp3) is 0.318. The van der Waals surface area contributed by atoms with Crippen LogP contribution in [-0.4, -0.2) is 33.5 Å². The second kappa shape index (κ2) is 7.84. The van der Waals surface area contributed by atoms with E-state index in [-0.39, 0.29) is 18.4 Å². The van der Waals surface area contributed by atoms with Crippen molar-refractivity contribution in [1.29, 1.82) is 0 Å². The SMILES string of the molecule is O=C(O)C(CNC(=O)C1CCc2nc[nH]c2C1)Cc1cccc2ccccc12. The van der Waals surface area contributed by atoms with Gasteiger partial charge in [-0.2, -0.15) is 0 Å². The van der Waals surface area contributed by atoms with E-state index in [4.69, 9.17) is 0 Å². The van der Waals surface area contributed by atoms with E-state index in [9.17, 15) is 14.7 Å². The van der Waals surface area contributed by atoms with Gasteiger partial charge in [-0.3, -0.25) is 9.59 Å². The van der Waals surface area contributed by atoms with Crippen molar-refractivity contribution in [3.05, 3.63) is 65.7 Å². The molecule has 1 aliphatic carbocycles. The molecule has 2 aromatic carbocycles. The van der Waals surface area contributed by atoms with Crippen molar-refractivity contribution in [1.82, 2.24) is 15.3 Å². The van der Waals surface area contributed by atoms with Crippen LogP contribution in [0.3, 0.4) is 0 Å². The first-order valence-corrected chi connectivity index (χ1v) is 9.60. The number of carbonyl (C=O) groups is 2. The standard InChI is InChI=1S/C22H23N3O3/c26-21(16-8-9-19-20(11-16)25-13-24-19)23-12-17(22(27)28)10-15-6-3-5-14-4-1-2-7-18(14)15/h1-7,13,16-17H,8-12H2,(H,23,26)(H,24,25)(H,27,28). The number of aliphatic carboxylic acids is 1. The Morgan fingerprint density at radius 1 is 1.21 bits per heavy atom. The molecule has 1 aliphatic rings. The Morgan fingerprint density at radius 3 is 2.89 bits per heavy atom. The number of fused-ring (bicyclic) bond motifs is 2. The van der Waals surface area contributed by atoms with Crippen molar-refractivity contribution in [2.75, 3.05) is 6.54 Å². The molecule has 0 bridgehead atoms. The molecule has 0 spiro atoms. The molecule has 3 N–H and O–H groups in total. The summed E-state index contributed by atoms with van der Waals surface area (Å²) < 4.78 is 0. The van der Waals surface area contributed by atoms with Gasteiger partial charge in [-0.15, -0.1) is 0 Å². The zero-order valence-corrected chi connectivity index (χ0v) is 15.5. The van der Waals surface area contributed by atoms with E-state index < -0.39 is 11.9 Å². The predicted molar refractivity (Wildman–Crippen MR) is 106 cm³/mol. The number of nitrogens with one attached hydrogen (secondary N) is 2. The van der Waals surface area contributed by atoms with Gasteiger partial charge < -0.3 is 15.4 Å². The molecule has 0 aliphatic heterocycles. The smallest absolute Gasteiger partial charge is 0.308 e. The maximum atomic E-state index is 12.6. The van der Waals surface area contributed by atoms with E-state index in [0.29, 0.717) is 12.8 Å². The fourth-order valence-electron chi connectivity index (χ4n) is 3.98. The first-order valence-electron chi connectivity index (χ1n) is 9.60. The van der Waals surface area contributed by atoms with Gasteiger partial charge in [0, 0.05) is 24.6 Å². The van der Waals surface area contributed by atoms with E-state index >= 15 is 0 Å². The molecule has 0 fully saturated rings. The number of carboxylic acid groups (broad SMARTS) is 1. The van der Waals surface area contributed by atoms with Crippen molar-refractivity contribution < 1.29 is 14.7 Å². The van der Waals surface area contributed by atoms with E-state index in [2.05, 4.69) is 15.3 Å². The van der Waals surface area contributed by atoms with Gasteiger partial charge in [0.05, 0.1) is 17.9 Å². The average Bonchev–Trinajstić information content (AvgIpc) is 3.18. The monoisotopic (exact) mass is 377 g/mol. The van der Waals surface area contributed by atoms with Gasteiger partial charge in [0.25, 0.3) is 0 Å². The van der Waals surface area contributed by atoms with Crippen LogP contribution >= 0.6 is 0 Å². The summed E-state index contributed by atoms with van der Waals surface area (Å²) in [5, 5.41) is 14.7. The summed E-state index contributed by atoms with van der Waals surface area (Å²) in [5.74, 6) is -1.78. The maximum Gasteiger partial charge on any atom is 0.308 e. The van der Waals surface area contributed by atoms with Crippen molar-refractivity contribution >= 4 is 22.6 Å². The van der Waals surface area contributed by atoms with Gasteiger partial charge >= 0.3 is 5.97 Å². The first kappa shape index (κ1) is 18.2. The molecule has 0 saturated heterocycles. The van der Waals surface area contributed by atoms with E-state index in [1.54, 1.807) is 6.33 Å². The Bertz CT molecular complexity index is 1010. The van der Waals surface area contributed by atoms with Gasteiger partial charge in [0.2, 0.25) is 5.91 Å². The Labute approximate surface area is 163 Å². The Morgan fingerprint density at radius 2 is 2.04 bits per heavy atom. The highest BCUT2D eigenvalue weighted by Gasteiger charge is 2.27. The van der Waals surface area contributed by atoms with Crippen molar-refractivity contribution in [2.24, 2.45) is 11.8 Å². The fourth-order valence-corrected chi connectivity index (χ4v) is 3.98. The highest BCUT2D eigenvalue weighted by atomic mass is 16.4. The minimum absolute atomic E-state index is 0.0792. The largest absolute Gasteiger partial charge is 0.481 e. The summed E-state index contributed by atoms with van der Waals surface area (Å²) >= 11 is 0. The molecule has 28 heavy (non-hydrogen) atoms. The van der Waals surface area contributed by atoms with Crippen LogP contribution in [0.15, 0.2) is 48.8 Å². The molecule has 0 saturated carbocycles. The minimum Gasteiger partial charge on any atom is -0.481 e. The highest BCUT2D eigenvalue weighted by Crippen LogP contribution is 2.24. The predicted octanol–water partition coefficient (Wildman–Crippen LogP) is 2.73. The number of aryl methyl sites for hydroxylation is 1. The molecular formula is C22H23N3O3. The third-order valence-corrected chi connectivity index (χ3v) is 5.58. The summed E-state index contributed by atoms with van der Waals surface area (Å²) in [6.07, 6.45) is 4.18. The van der Waals surface area contributed by atoms with E-state index in [1.165, 1.54) is 0 Å². The number of nitrogens with zero attached hydrogens (tertiary/aromatic N) is 1. The van der Waals surface area contributed by atoms with Gasteiger partial charge in [0.15, 0.2) is 0 Å². The van der Waals surface area contributed by atoms with Gasteiger partial charge in [-0.05, 0) is 35.6 Å². The third kappa shape index (κ3) is 3.76. The lowest BCUT2D eigenvalue weighted by molar-refractivity contribution is -0.141. The highest BCUT2D eigenvalue weighted by molar-refractivity contribution is 5.86. The number of amides is 1. The molecule has 2 atom stereocenters. The van der Waals surface area contributed by atoms with E-state index in [1.807, 2.05) is 42.5 Å². The number of benzene rings is 2. The lowest BCUT2D eigenvalue weighted by Gasteiger charge is -2.22. The molecule has 0 radical (unpaired) electrons. The maximum absolute atomic E-state index is 12.6. The van der Waals surface area contributed by atoms with E-state index in [0.717, 1.165) is 40.6 Å². The Kier molecular flexibility index (Phi) is 5.10. The Balaban J connectivity index is 1.41.